The molecule has 0 aliphatic rings. The van der Waals surface area contributed by atoms with Crippen molar-refractivity contribution >= 4 is 17.5 Å². The Hall–Kier alpha value is -3.67. The summed E-state index contributed by atoms with van der Waals surface area (Å²) in [6.07, 6.45) is 0.693. The van der Waals surface area contributed by atoms with Crippen molar-refractivity contribution in [2.75, 3.05) is 19.0 Å². The lowest BCUT2D eigenvalue weighted by atomic mass is 10.1. The fourth-order valence-corrected chi connectivity index (χ4v) is 2.85. The summed E-state index contributed by atoms with van der Waals surface area (Å²) in [6.45, 7) is 0.457. The number of carbonyl (C=O) groups is 2. The first-order valence-corrected chi connectivity index (χ1v) is 9.14. The third kappa shape index (κ3) is 5.19. The number of hydrogen-bond donors (Lipinski definition) is 2. The van der Waals surface area contributed by atoms with Gasteiger partial charge in [-0.15, -0.1) is 0 Å². The van der Waals surface area contributed by atoms with E-state index in [4.69, 9.17) is 4.74 Å². The lowest BCUT2D eigenvalue weighted by Crippen LogP contribution is -2.27. The molecule has 0 bridgehead atoms. The predicted molar refractivity (Wildman–Crippen MR) is 110 cm³/mol. The summed E-state index contributed by atoms with van der Waals surface area (Å²) in [7, 11) is 1.42. The predicted octanol–water partition coefficient (Wildman–Crippen LogP) is 4.06. The van der Waals surface area contributed by atoms with Crippen LogP contribution in [0.4, 0.5) is 10.1 Å². The van der Waals surface area contributed by atoms with Crippen molar-refractivity contribution in [1.82, 2.24) is 5.32 Å². The molecule has 29 heavy (non-hydrogen) atoms. The van der Waals surface area contributed by atoms with Crippen molar-refractivity contribution in [3.63, 3.8) is 0 Å². The summed E-state index contributed by atoms with van der Waals surface area (Å²) >= 11 is 0. The molecule has 0 atom stereocenters. The van der Waals surface area contributed by atoms with Crippen LogP contribution in [0, 0.1) is 5.82 Å². The molecule has 3 aromatic carbocycles. The first-order chi connectivity index (χ1) is 14.1. The number of halogens is 1. The normalized spacial score (nSPS) is 10.3. The summed E-state index contributed by atoms with van der Waals surface area (Å²) in [5.41, 5.74) is 1.60. The Kier molecular flexibility index (Phi) is 6.58. The summed E-state index contributed by atoms with van der Waals surface area (Å²) in [6, 6.07) is 20.4. The van der Waals surface area contributed by atoms with Gasteiger partial charge in [-0.25, -0.2) is 4.39 Å². The van der Waals surface area contributed by atoms with E-state index in [9.17, 15) is 14.0 Å². The van der Waals surface area contributed by atoms with Gasteiger partial charge < -0.3 is 15.4 Å². The van der Waals surface area contributed by atoms with Crippen LogP contribution in [0.25, 0.3) is 0 Å². The van der Waals surface area contributed by atoms with Crippen LogP contribution in [0.15, 0.2) is 72.8 Å². The molecule has 0 aliphatic heterocycles. The Labute approximate surface area is 168 Å². The van der Waals surface area contributed by atoms with Crippen LogP contribution < -0.4 is 15.4 Å². The highest BCUT2D eigenvalue weighted by atomic mass is 19.1. The van der Waals surface area contributed by atoms with Gasteiger partial charge in [0.05, 0.1) is 23.9 Å². The molecule has 0 saturated carbocycles. The van der Waals surface area contributed by atoms with Gasteiger partial charge in [0.25, 0.3) is 11.8 Å². The molecule has 0 spiro atoms. The number of carbonyl (C=O) groups excluding carboxylic acids is 2. The van der Waals surface area contributed by atoms with Gasteiger partial charge in [0.1, 0.15) is 11.6 Å². The van der Waals surface area contributed by atoms with E-state index in [0.29, 0.717) is 30.0 Å². The van der Waals surface area contributed by atoms with E-state index < -0.39 is 11.7 Å². The number of hydrogen-bond acceptors (Lipinski definition) is 3. The molecule has 0 radical (unpaired) electrons. The number of anilines is 1. The molecular formula is C23H21FN2O3. The zero-order valence-corrected chi connectivity index (χ0v) is 15.9. The first kappa shape index (κ1) is 20.1. The molecule has 0 heterocycles. The summed E-state index contributed by atoms with van der Waals surface area (Å²) in [4.78, 5) is 25.1. The molecule has 0 fully saturated rings. The highest BCUT2D eigenvalue weighted by Gasteiger charge is 2.16. The van der Waals surface area contributed by atoms with Crippen molar-refractivity contribution in [2.45, 2.75) is 6.42 Å². The van der Waals surface area contributed by atoms with Crippen molar-refractivity contribution in [3.05, 3.63) is 95.3 Å². The van der Waals surface area contributed by atoms with E-state index in [0.717, 1.165) is 11.6 Å². The number of benzene rings is 3. The van der Waals surface area contributed by atoms with E-state index in [1.54, 1.807) is 24.3 Å². The number of nitrogens with one attached hydrogen (secondary N) is 2. The summed E-state index contributed by atoms with van der Waals surface area (Å²) < 4.78 is 19.1. The molecule has 0 unspecified atom stereocenters. The monoisotopic (exact) mass is 392 g/mol. The van der Waals surface area contributed by atoms with Crippen molar-refractivity contribution < 1.29 is 18.7 Å². The first-order valence-electron chi connectivity index (χ1n) is 9.14. The minimum atomic E-state index is -0.702. The average molecular weight is 392 g/mol. The maximum Gasteiger partial charge on any atom is 0.258 e. The Morgan fingerprint density at radius 2 is 1.62 bits per heavy atom. The Morgan fingerprint density at radius 1 is 0.897 bits per heavy atom. The van der Waals surface area contributed by atoms with Crippen LogP contribution in [0.1, 0.15) is 26.3 Å². The maximum atomic E-state index is 14.2. The zero-order chi connectivity index (χ0) is 20.6. The van der Waals surface area contributed by atoms with Gasteiger partial charge in [-0.2, -0.15) is 0 Å². The van der Waals surface area contributed by atoms with E-state index >= 15 is 0 Å². The van der Waals surface area contributed by atoms with Crippen LogP contribution in [0.5, 0.6) is 5.75 Å². The average Bonchev–Trinajstić information content (AvgIpc) is 2.74. The van der Waals surface area contributed by atoms with E-state index in [2.05, 4.69) is 10.6 Å². The smallest absolute Gasteiger partial charge is 0.258 e. The van der Waals surface area contributed by atoms with Crippen molar-refractivity contribution in [3.8, 4) is 5.75 Å². The van der Waals surface area contributed by atoms with Crippen LogP contribution in [0.3, 0.4) is 0 Å². The third-order valence-electron chi connectivity index (χ3n) is 4.38. The minimum absolute atomic E-state index is 0.134. The van der Waals surface area contributed by atoms with Crippen LogP contribution in [0.2, 0.25) is 0 Å². The molecule has 6 heteroatoms. The zero-order valence-electron chi connectivity index (χ0n) is 15.9. The van der Waals surface area contributed by atoms with Gasteiger partial charge >= 0.3 is 0 Å². The topological polar surface area (TPSA) is 67.4 Å². The number of ether oxygens (including phenoxy) is 1. The van der Waals surface area contributed by atoms with E-state index in [-0.39, 0.29) is 11.5 Å². The van der Waals surface area contributed by atoms with E-state index in [1.807, 2.05) is 30.3 Å². The Balaban J connectivity index is 1.68. The van der Waals surface area contributed by atoms with Gasteiger partial charge in [0.2, 0.25) is 0 Å². The standard InChI is InChI=1S/C23H21FN2O3/c1-29-17-11-12-18(20(24)15-17)23(28)26-21-10-6-5-9-19(21)22(27)25-14-13-16-7-3-2-4-8-16/h2-12,15H,13-14H2,1H3,(H,25,27)(H,26,28). The van der Waals surface area contributed by atoms with Gasteiger partial charge in [-0.3, -0.25) is 9.59 Å². The Morgan fingerprint density at radius 3 is 2.34 bits per heavy atom. The number of amides is 2. The third-order valence-corrected chi connectivity index (χ3v) is 4.38. The highest BCUT2D eigenvalue weighted by Crippen LogP contribution is 2.20. The fraction of sp³-hybridized carbons (Fsp3) is 0.130. The second kappa shape index (κ2) is 9.50. The van der Waals surface area contributed by atoms with Gasteiger partial charge in [-0.05, 0) is 36.2 Å². The molecule has 2 amide bonds. The quantitative estimate of drug-likeness (QED) is 0.637. The SMILES string of the molecule is COc1ccc(C(=O)Nc2ccccc2C(=O)NCCc2ccccc2)c(F)c1. The van der Waals surface area contributed by atoms with Gasteiger partial charge in [0, 0.05) is 12.6 Å². The number of methoxy groups -OCH3 is 1. The highest BCUT2D eigenvalue weighted by molar-refractivity contribution is 6.09. The minimum Gasteiger partial charge on any atom is -0.497 e. The second-order valence-corrected chi connectivity index (χ2v) is 6.34. The molecule has 2 N–H and O–H groups in total. The van der Waals surface area contributed by atoms with Gasteiger partial charge in [0.15, 0.2) is 0 Å². The molecule has 0 aromatic heterocycles. The van der Waals surface area contributed by atoms with Crippen LogP contribution >= 0.6 is 0 Å². The molecule has 3 rings (SSSR count). The summed E-state index contributed by atoms with van der Waals surface area (Å²) in [5.74, 6) is -1.34. The second-order valence-electron chi connectivity index (χ2n) is 6.34. The Bertz CT molecular complexity index is 1010. The molecule has 0 aliphatic carbocycles. The molecule has 3 aromatic rings. The summed E-state index contributed by atoms with van der Waals surface area (Å²) in [5, 5.41) is 5.46. The molecule has 148 valence electrons. The fourth-order valence-electron chi connectivity index (χ4n) is 2.85. The largest absolute Gasteiger partial charge is 0.497 e. The molecular weight excluding hydrogens is 371 g/mol. The molecule has 0 saturated heterocycles. The maximum absolute atomic E-state index is 14.2. The van der Waals surface area contributed by atoms with Crippen molar-refractivity contribution in [1.29, 1.82) is 0 Å². The van der Waals surface area contributed by atoms with Crippen molar-refractivity contribution in [2.24, 2.45) is 0 Å². The van der Waals surface area contributed by atoms with Crippen LogP contribution in [-0.2, 0) is 6.42 Å². The van der Waals surface area contributed by atoms with Gasteiger partial charge in [-0.1, -0.05) is 42.5 Å². The lowest BCUT2D eigenvalue weighted by Gasteiger charge is -2.12. The van der Waals surface area contributed by atoms with E-state index in [1.165, 1.54) is 19.2 Å². The number of rotatable bonds is 7. The van der Waals surface area contributed by atoms with Crippen LogP contribution in [-0.4, -0.2) is 25.5 Å². The molecule has 5 nitrogen and oxygen atoms in total. The number of para-hydroxylation sites is 1. The lowest BCUT2D eigenvalue weighted by molar-refractivity contribution is 0.0955.